The highest BCUT2D eigenvalue weighted by Gasteiger charge is 2.26. The quantitative estimate of drug-likeness (QED) is 0.793. The van der Waals surface area contributed by atoms with Gasteiger partial charge in [0.1, 0.15) is 0 Å². The van der Waals surface area contributed by atoms with Crippen molar-refractivity contribution in [2.24, 2.45) is 0 Å². The van der Waals surface area contributed by atoms with Crippen molar-refractivity contribution in [1.82, 2.24) is 4.72 Å². The highest BCUT2D eigenvalue weighted by Crippen LogP contribution is 2.29. The fraction of sp³-hybridized carbons (Fsp3) is 0.167. The number of rotatable bonds is 6. The Bertz CT molecular complexity index is 873. The summed E-state index contributed by atoms with van der Waals surface area (Å²) in [5.74, 6) is -0.313. The number of benzene rings is 2. The van der Waals surface area contributed by atoms with E-state index in [1.165, 1.54) is 19.1 Å². The van der Waals surface area contributed by atoms with Crippen LogP contribution in [0.3, 0.4) is 0 Å². The largest absolute Gasteiger partial charge is 0.295 e. The number of ketones is 1. The first-order valence-corrected chi connectivity index (χ1v) is 9.11. The van der Waals surface area contributed by atoms with Crippen LogP contribution in [0.4, 0.5) is 0 Å². The highest BCUT2D eigenvalue weighted by molar-refractivity contribution is 7.89. The minimum Gasteiger partial charge on any atom is -0.295 e. The Morgan fingerprint density at radius 1 is 1.12 bits per heavy atom. The number of hydrogen-bond acceptors (Lipinski definition) is 3. The van der Waals surface area contributed by atoms with Crippen LogP contribution in [0.2, 0.25) is 5.02 Å². The summed E-state index contributed by atoms with van der Waals surface area (Å²) in [6, 6.07) is 12.3. The maximum Gasteiger partial charge on any atom is 0.241 e. The average Bonchev–Trinajstić information content (AvgIpc) is 2.53. The van der Waals surface area contributed by atoms with Gasteiger partial charge in [-0.2, -0.15) is 4.72 Å². The second-order valence-electron chi connectivity index (χ2n) is 5.47. The Balaban J connectivity index is 2.45. The minimum absolute atomic E-state index is 0.113. The third-order valence-electron chi connectivity index (χ3n) is 3.62. The maximum atomic E-state index is 12.7. The van der Waals surface area contributed by atoms with Crippen LogP contribution in [0.1, 0.15) is 24.1 Å². The molecule has 0 bridgehead atoms. The highest BCUT2D eigenvalue weighted by atomic mass is 35.5. The first-order valence-electron chi connectivity index (χ1n) is 7.25. The SMILES string of the molecule is C=C(C(C)=O)[C@@H](NS(=O)(=O)c1ccc(C)cc1)c1ccccc1Cl. The Morgan fingerprint density at radius 3 is 2.25 bits per heavy atom. The summed E-state index contributed by atoms with van der Waals surface area (Å²) >= 11 is 6.18. The maximum absolute atomic E-state index is 12.7. The second-order valence-corrected chi connectivity index (χ2v) is 7.59. The van der Waals surface area contributed by atoms with Crippen molar-refractivity contribution in [1.29, 1.82) is 0 Å². The Labute approximate surface area is 147 Å². The van der Waals surface area contributed by atoms with Gasteiger partial charge in [0.2, 0.25) is 10.0 Å². The molecule has 0 amide bonds. The number of carbonyl (C=O) groups excluding carboxylic acids is 1. The van der Waals surface area contributed by atoms with E-state index in [1.807, 2.05) is 6.92 Å². The summed E-state index contributed by atoms with van der Waals surface area (Å²) in [7, 11) is -3.84. The summed E-state index contributed by atoms with van der Waals surface area (Å²) in [4.78, 5) is 11.9. The third kappa shape index (κ3) is 4.12. The van der Waals surface area contributed by atoms with E-state index >= 15 is 0 Å². The van der Waals surface area contributed by atoms with Gasteiger partial charge in [-0.15, -0.1) is 0 Å². The van der Waals surface area contributed by atoms with E-state index in [0.717, 1.165) is 5.56 Å². The second kappa shape index (κ2) is 7.30. The van der Waals surface area contributed by atoms with Crippen LogP contribution in [0.25, 0.3) is 0 Å². The summed E-state index contributed by atoms with van der Waals surface area (Å²) in [6.45, 7) is 6.94. The fourth-order valence-electron chi connectivity index (χ4n) is 2.18. The molecule has 0 heterocycles. The summed E-state index contributed by atoms with van der Waals surface area (Å²) in [5, 5.41) is 0.358. The number of Topliss-reactive ketones (excluding diaryl/α,β-unsaturated/α-hetero) is 1. The molecule has 0 unspecified atom stereocenters. The molecule has 0 aliphatic rings. The topological polar surface area (TPSA) is 63.2 Å². The van der Waals surface area contributed by atoms with Gasteiger partial charge in [-0.05, 0) is 37.6 Å². The van der Waals surface area contributed by atoms with Crippen LogP contribution < -0.4 is 4.72 Å². The van der Waals surface area contributed by atoms with Gasteiger partial charge in [-0.3, -0.25) is 4.79 Å². The lowest BCUT2D eigenvalue weighted by Gasteiger charge is -2.21. The van der Waals surface area contributed by atoms with Gasteiger partial charge in [0.05, 0.1) is 10.9 Å². The molecule has 6 heteroatoms. The lowest BCUT2D eigenvalue weighted by atomic mass is 9.98. The molecule has 0 aliphatic heterocycles. The molecule has 0 saturated carbocycles. The van der Waals surface area contributed by atoms with E-state index in [-0.39, 0.29) is 16.3 Å². The number of carbonyl (C=O) groups is 1. The van der Waals surface area contributed by atoms with Crippen LogP contribution >= 0.6 is 11.6 Å². The number of aryl methyl sites for hydroxylation is 1. The van der Waals surface area contributed by atoms with Gasteiger partial charge in [0.15, 0.2) is 5.78 Å². The molecule has 0 spiro atoms. The predicted molar refractivity (Wildman–Crippen MR) is 95.5 cm³/mol. The normalized spacial score (nSPS) is 12.6. The first-order chi connectivity index (χ1) is 11.2. The van der Waals surface area contributed by atoms with E-state index in [0.29, 0.717) is 10.6 Å². The Morgan fingerprint density at radius 2 is 1.71 bits per heavy atom. The van der Waals surface area contributed by atoms with Crippen molar-refractivity contribution in [3.05, 3.63) is 76.8 Å². The van der Waals surface area contributed by atoms with Crippen LogP contribution in [0.15, 0.2) is 65.6 Å². The molecule has 2 aromatic carbocycles. The van der Waals surface area contributed by atoms with Crippen molar-refractivity contribution >= 4 is 27.4 Å². The number of halogens is 1. The molecular formula is C18H18ClNO3S. The van der Waals surface area contributed by atoms with Crippen molar-refractivity contribution in [2.75, 3.05) is 0 Å². The Hall–Kier alpha value is -1.95. The molecule has 2 rings (SSSR count). The van der Waals surface area contributed by atoms with Gasteiger partial charge >= 0.3 is 0 Å². The van der Waals surface area contributed by atoms with Gasteiger partial charge in [-0.1, -0.05) is 54.1 Å². The zero-order valence-electron chi connectivity index (χ0n) is 13.4. The molecule has 0 fully saturated rings. The smallest absolute Gasteiger partial charge is 0.241 e. The van der Waals surface area contributed by atoms with Crippen LogP contribution in [-0.2, 0) is 14.8 Å². The van der Waals surface area contributed by atoms with Crippen molar-refractivity contribution < 1.29 is 13.2 Å². The van der Waals surface area contributed by atoms with Crippen molar-refractivity contribution in [2.45, 2.75) is 24.8 Å². The molecular weight excluding hydrogens is 346 g/mol. The molecule has 0 radical (unpaired) electrons. The molecule has 1 N–H and O–H groups in total. The van der Waals surface area contributed by atoms with Gasteiger partial charge in [0, 0.05) is 10.6 Å². The van der Waals surface area contributed by atoms with E-state index < -0.39 is 16.1 Å². The molecule has 4 nitrogen and oxygen atoms in total. The number of sulfonamides is 1. The monoisotopic (exact) mass is 363 g/mol. The fourth-order valence-corrected chi connectivity index (χ4v) is 3.63. The lowest BCUT2D eigenvalue weighted by Crippen LogP contribution is -2.31. The summed E-state index contributed by atoms with van der Waals surface area (Å²) in [6.07, 6.45) is 0. The average molecular weight is 364 g/mol. The lowest BCUT2D eigenvalue weighted by molar-refractivity contribution is -0.113. The van der Waals surface area contributed by atoms with E-state index in [9.17, 15) is 13.2 Å². The minimum atomic E-state index is -3.84. The van der Waals surface area contributed by atoms with Crippen LogP contribution in [-0.4, -0.2) is 14.2 Å². The molecule has 2 aromatic rings. The Kier molecular flexibility index (Phi) is 5.59. The summed E-state index contributed by atoms with van der Waals surface area (Å²) < 4.78 is 27.9. The molecule has 1 atom stereocenters. The van der Waals surface area contributed by atoms with Crippen LogP contribution in [0, 0.1) is 6.92 Å². The molecule has 0 aromatic heterocycles. The van der Waals surface area contributed by atoms with E-state index in [4.69, 9.17) is 11.6 Å². The van der Waals surface area contributed by atoms with Crippen molar-refractivity contribution in [3.8, 4) is 0 Å². The summed E-state index contributed by atoms with van der Waals surface area (Å²) in [5.41, 5.74) is 1.55. The van der Waals surface area contributed by atoms with Crippen molar-refractivity contribution in [3.63, 3.8) is 0 Å². The standard InChI is InChI=1S/C18H18ClNO3S/c1-12-8-10-15(11-9-12)24(22,23)20-18(13(2)14(3)21)16-6-4-5-7-17(16)19/h4-11,18,20H,2H2,1,3H3/t18-/m1/s1. The van der Waals surface area contributed by atoms with E-state index in [2.05, 4.69) is 11.3 Å². The number of hydrogen-bond donors (Lipinski definition) is 1. The van der Waals surface area contributed by atoms with Gasteiger partial charge in [-0.25, -0.2) is 8.42 Å². The molecule has 24 heavy (non-hydrogen) atoms. The molecule has 126 valence electrons. The zero-order valence-corrected chi connectivity index (χ0v) is 15.0. The van der Waals surface area contributed by atoms with Gasteiger partial charge in [0.25, 0.3) is 0 Å². The molecule has 0 aliphatic carbocycles. The number of nitrogens with one attached hydrogen (secondary N) is 1. The predicted octanol–water partition coefficient (Wildman–Crippen LogP) is 3.81. The van der Waals surface area contributed by atoms with E-state index in [1.54, 1.807) is 36.4 Å². The van der Waals surface area contributed by atoms with Gasteiger partial charge < -0.3 is 0 Å². The zero-order chi connectivity index (χ0) is 17.9. The molecule has 0 saturated heterocycles. The van der Waals surface area contributed by atoms with Crippen LogP contribution in [0.5, 0.6) is 0 Å². The third-order valence-corrected chi connectivity index (χ3v) is 5.40. The first kappa shape index (κ1) is 18.4.